The van der Waals surface area contributed by atoms with Crippen molar-refractivity contribution in [1.29, 1.82) is 0 Å². The van der Waals surface area contributed by atoms with E-state index in [1.165, 1.54) is 11.3 Å². The summed E-state index contributed by atoms with van der Waals surface area (Å²) in [6, 6.07) is 0.222. The quantitative estimate of drug-likeness (QED) is 0.896. The predicted octanol–water partition coefficient (Wildman–Crippen LogP) is 0.977. The lowest BCUT2D eigenvalue weighted by Gasteiger charge is -2.33. The molecule has 1 saturated heterocycles. The first-order chi connectivity index (χ1) is 9.65. The summed E-state index contributed by atoms with van der Waals surface area (Å²) in [5, 5.41) is 8.25. The molecule has 1 aliphatic heterocycles. The SMILES string of the molecule is C[C@@H]1CNCCN1C(=O)c1cnc(-c2cnn(C)c2)s1. The molecule has 1 fully saturated rings. The zero-order chi connectivity index (χ0) is 14.1. The van der Waals surface area contributed by atoms with Crippen molar-refractivity contribution in [2.75, 3.05) is 19.6 Å². The number of aromatic nitrogens is 3. The third-order valence-corrected chi connectivity index (χ3v) is 4.46. The summed E-state index contributed by atoms with van der Waals surface area (Å²) in [7, 11) is 1.87. The van der Waals surface area contributed by atoms with E-state index in [4.69, 9.17) is 0 Å². The molecule has 1 atom stereocenters. The van der Waals surface area contributed by atoms with Crippen LogP contribution in [-0.2, 0) is 7.05 Å². The number of nitrogens with one attached hydrogen (secondary N) is 1. The first-order valence-corrected chi connectivity index (χ1v) is 7.43. The first kappa shape index (κ1) is 13.3. The van der Waals surface area contributed by atoms with Crippen molar-refractivity contribution in [3.8, 4) is 10.6 Å². The van der Waals surface area contributed by atoms with Gasteiger partial charge in [0.05, 0.1) is 12.4 Å². The van der Waals surface area contributed by atoms with Gasteiger partial charge < -0.3 is 10.2 Å². The maximum atomic E-state index is 12.5. The van der Waals surface area contributed by atoms with Crippen LogP contribution in [0.4, 0.5) is 0 Å². The summed E-state index contributed by atoms with van der Waals surface area (Å²) < 4.78 is 1.73. The average molecular weight is 291 g/mol. The van der Waals surface area contributed by atoms with Crippen LogP contribution in [0.15, 0.2) is 18.6 Å². The van der Waals surface area contributed by atoms with E-state index in [2.05, 4.69) is 22.3 Å². The lowest BCUT2D eigenvalue weighted by Crippen LogP contribution is -2.52. The van der Waals surface area contributed by atoms with Crippen molar-refractivity contribution in [2.45, 2.75) is 13.0 Å². The number of hydrogen-bond acceptors (Lipinski definition) is 5. The van der Waals surface area contributed by atoms with Gasteiger partial charge >= 0.3 is 0 Å². The van der Waals surface area contributed by atoms with Crippen molar-refractivity contribution in [2.24, 2.45) is 7.05 Å². The fourth-order valence-corrected chi connectivity index (χ4v) is 3.17. The number of thiazole rings is 1. The summed E-state index contributed by atoms with van der Waals surface area (Å²) >= 11 is 1.43. The van der Waals surface area contributed by atoms with Gasteiger partial charge in [-0.05, 0) is 6.92 Å². The van der Waals surface area contributed by atoms with Gasteiger partial charge in [0.1, 0.15) is 9.88 Å². The monoisotopic (exact) mass is 291 g/mol. The van der Waals surface area contributed by atoms with E-state index >= 15 is 0 Å². The number of carbonyl (C=O) groups is 1. The molecule has 0 saturated carbocycles. The van der Waals surface area contributed by atoms with Crippen molar-refractivity contribution < 1.29 is 4.79 Å². The number of rotatable bonds is 2. The lowest BCUT2D eigenvalue weighted by molar-refractivity contribution is 0.0660. The topological polar surface area (TPSA) is 63.1 Å². The molecule has 106 valence electrons. The van der Waals surface area contributed by atoms with Crippen LogP contribution >= 0.6 is 11.3 Å². The Bertz CT molecular complexity index is 620. The van der Waals surface area contributed by atoms with Crippen LogP contribution in [0.1, 0.15) is 16.6 Å². The Morgan fingerprint density at radius 1 is 1.50 bits per heavy atom. The summed E-state index contributed by atoms with van der Waals surface area (Å²) in [4.78, 5) is 19.5. The molecule has 2 aromatic rings. The summed E-state index contributed by atoms with van der Waals surface area (Å²) in [6.07, 6.45) is 5.34. The Labute approximate surface area is 121 Å². The minimum absolute atomic E-state index is 0.0756. The van der Waals surface area contributed by atoms with Crippen LogP contribution in [-0.4, -0.2) is 51.2 Å². The second-order valence-electron chi connectivity index (χ2n) is 4.98. The van der Waals surface area contributed by atoms with Crippen LogP contribution in [0.3, 0.4) is 0 Å². The molecule has 0 aliphatic carbocycles. The number of nitrogens with zero attached hydrogens (tertiary/aromatic N) is 4. The smallest absolute Gasteiger partial charge is 0.265 e. The Morgan fingerprint density at radius 3 is 3.05 bits per heavy atom. The van der Waals surface area contributed by atoms with Gasteiger partial charge in [-0.3, -0.25) is 9.48 Å². The van der Waals surface area contributed by atoms with Gasteiger partial charge in [0.25, 0.3) is 5.91 Å². The molecule has 3 rings (SSSR count). The van der Waals surface area contributed by atoms with E-state index in [-0.39, 0.29) is 11.9 Å². The normalized spacial score (nSPS) is 19.3. The van der Waals surface area contributed by atoms with Gasteiger partial charge in [-0.25, -0.2) is 4.98 Å². The second-order valence-corrected chi connectivity index (χ2v) is 6.01. The third-order valence-electron chi connectivity index (χ3n) is 3.43. The molecule has 20 heavy (non-hydrogen) atoms. The van der Waals surface area contributed by atoms with Crippen LogP contribution in [0, 0.1) is 0 Å². The highest BCUT2D eigenvalue weighted by atomic mass is 32.1. The summed E-state index contributed by atoms with van der Waals surface area (Å²) in [5.74, 6) is 0.0756. The van der Waals surface area contributed by atoms with Gasteiger partial charge in [-0.2, -0.15) is 5.10 Å². The van der Waals surface area contributed by atoms with Gasteiger partial charge in [0, 0.05) is 44.5 Å². The molecule has 0 bridgehead atoms. The van der Waals surface area contributed by atoms with E-state index < -0.39 is 0 Å². The second kappa shape index (κ2) is 5.34. The van der Waals surface area contributed by atoms with E-state index in [1.807, 2.05) is 18.1 Å². The van der Waals surface area contributed by atoms with Crippen LogP contribution in [0.5, 0.6) is 0 Å². The van der Waals surface area contributed by atoms with Gasteiger partial charge in [0.15, 0.2) is 0 Å². The number of hydrogen-bond donors (Lipinski definition) is 1. The maximum absolute atomic E-state index is 12.5. The highest BCUT2D eigenvalue weighted by Gasteiger charge is 2.25. The lowest BCUT2D eigenvalue weighted by atomic mass is 10.2. The van der Waals surface area contributed by atoms with Crippen LogP contribution in [0.25, 0.3) is 10.6 Å². The van der Waals surface area contributed by atoms with Crippen LogP contribution in [0.2, 0.25) is 0 Å². The Morgan fingerprint density at radius 2 is 2.35 bits per heavy atom. The molecule has 6 nitrogen and oxygen atoms in total. The molecule has 1 amide bonds. The number of aryl methyl sites for hydroxylation is 1. The summed E-state index contributed by atoms with van der Waals surface area (Å²) in [6.45, 7) is 4.51. The highest BCUT2D eigenvalue weighted by molar-refractivity contribution is 7.16. The molecule has 3 heterocycles. The Balaban J connectivity index is 1.81. The zero-order valence-corrected chi connectivity index (χ0v) is 12.4. The van der Waals surface area contributed by atoms with Gasteiger partial charge in [-0.1, -0.05) is 0 Å². The maximum Gasteiger partial charge on any atom is 0.265 e. The van der Waals surface area contributed by atoms with Crippen molar-refractivity contribution in [1.82, 2.24) is 25.0 Å². The third kappa shape index (κ3) is 2.46. The minimum Gasteiger partial charge on any atom is -0.333 e. The molecule has 0 unspecified atom stereocenters. The van der Waals surface area contributed by atoms with E-state index in [0.29, 0.717) is 4.88 Å². The van der Waals surface area contributed by atoms with E-state index in [0.717, 1.165) is 30.2 Å². The van der Waals surface area contributed by atoms with Gasteiger partial charge in [0.2, 0.25) is 0 Å². The first-order valence-electron chi connectivity index (χ1n) is 6.61. The van der Waals surface area contributed by atoms with Crippen molar-refractivity contribution in [3.05, 3.63) is 23.5 Å². The van der Waals surface area contributed by atoms with Crippen molar-refractivity contribution in [3.63, 3.8) is 0 Å². The standard InChI is InChI=1S/C13H17N5OS/c1-9-5-14-3-4-18(9)13(19)11-7-15-12(20-11)10-6-16-17(2)8-10/h6-9,14H,3-5H2,1-2H3/t9-/m1/s1. The molecular formula is C13H17N5OS. The largest absolute Gasteiger partial charge is 0.333 e. The van der Waals surface area contributed by atoms with Gasteiger partial charge in [-0.15, -0.1) is 11.3 Å². The number of piperazine rings is 1. The predicted molar refractivity (Wildman–Crippen MR) is 77.7 cm³/mol. The van der Waals surface area contributed by atoms with E-state index in [1.54, 1.807) is 17.1 Å². The Kier molecular flexibility index (Phi) is 3.54. The molecule has 2 aromatic heterocycles. The Hall–Kier alpha value is -1.73. The highest BCUT2D eigenvalue weighted by Crippen LogP contribution is 2.26. The summed E-state index contributed by atoms with van der Waals surface area (Å²) in [5.41, 5.74) is 0.949. The molecule has 1 N–H and O–H groups in total. The van der Waals surface area contributed by atoms with Crippen LogP contribution < -0.4 is 5.32 Å². The number of carbonyl (C=O) groups excluding carboxylic acids is 1. The number of amides is 1. The molecule has 0 aromatic carbocycles. The zero-order valence-electron chi connectivity index (χ0n) is 11.5. The fourth-order valence-electron chi connectivity index (χ4n) is 2.32. The average Bonchev–Trinajstić information content (AvgIpc) is 3.07. The molecule has 7 heteroatoms. The van der Waals surface area contributed by atoms with Crippen molar-refractivity contribution >= 4 is 17.2 Å². The minimum atomic E-state index is 0.0756. The molecular weight excluding hydrogens is 274 g/mol. The molecule has 0 radical (unpaired) electrons. The fraction of sp³-hybridized carbons (Fsp3) is 0.462. The van der Waals surface area contributed by atoms with E-state index in [9.17, 15) is 4.79 Å². The molecule has 0 spiro atoms. The molecule has 1 aliphatic rings.